The van der Waals surface area contributed by atoms with Crippen LogP contribution in [0.15, 0.2) is 53.4 Å². The first kappa shape index (κ1) is 19.6. The Hall–Kier alpha value is -2.69. The minimum Gasteiger partial charge on any atom is -0.335 e. The van der Waals surface area contributed by atoms with E-state index in [1.54, 1.807) is 17.0 Å². The fourth-order valence-corrected chi connectivity index (χ4v) is 3.30. The number of amides is 1. The Balaban J connectivity index is 2.16. The van der Waals surface area contributed by atoms with Crippen molar-refractivity contribution in [3.63, 3.8) is 0 Å². The van der Waals surface area contributed by atoms with Gasteiger partial charge in [0, 0.05) is 18.7 Å². The van der Waals surface area contributed by atoms with Crippen LogP contribution in [0.1, 0.15) is 22.8 Å². The largest absolute Gasteiger partial charge is 0.335 e. The van der Waals surface area contributed by atoms with Gasteiger partial charge in [-0.05, 0) is 48.9 Å². The molecule has 5 nitrogen and oxygen atoms in total. The van der Waals surface area contributed by atoms with E-state index in [4.69, 9.17) is 6.42 Å². The van der Waals surface area contributed by atoms with Crippen molar-refractivity contribution in [1.29, 1.82) is 0 Å². The molecule has 2 aromatic carbocycles. The topological polar surface area (TPSA) is 66.5 Å². The maximum atomic E-state index is 13.3. The molecule has 0 saturated carbocycles. The fourth-order valence-electron chi connectivity index (χ4n) is 2.36. The highest BCUT2D eigenvalue weighted by Crippen LogP contribution is 2.14. The molecule has 0 saturated heterocycles. The highest BCUT2D eigenvalue weighted by atomic mass is 32.2. The molecule has 7 heteroatoms. The second-order valence-corrected chi connectivity index (χ2v) is 7.27. The summed E-state index contributed by atoms with van der Waals surface area (Å²) in [4.78, 5) is 14.2. The molecule has 0 radical (unpaired) electrons. The lowest BCUT2D eigenvalue weighted by atomic mass is 10.1. The van der Waals surface area contributed by atoms with Crippen LogP contribution in [0, 0.1) is 18.2 Å². The molecule has 136 valence electrons. The Morgan fingerprint density at radius 3 is 2.50 bits per heavy atom. The summed E-state index contributed by atoms with van der Waals surface area (Å²) in [5.41, 5.74) is 1.03. The number of rotatable bonds is 7. The number of hydrogen-bond acceptors (Lipinski definition) is 3. The molecular weight excluding hydrogens is 355 g/mol. The smallest absolute Gasteiger partial charge is 0.254 e. The van der Waals surface area contributed by atoms with Gasteiger partial charge in [-0.3, -0.25) is 4.79 Å². The van der Waals surface area contributed by atoms with E-state index < -0.39 is 10.0 Å². The van der Waals surface area contributed by atoms with Crippen molar-refractivity contribution < 1.29 is 17.6 Å². The molecule has 0 bridgehead atoms. The molecule has 0 spiro atoms. The number of nitrogens with one attached hydrogen (secondary N) is 1. The number of carbonyl (C=O) groups is 1. The third-order valence-electron chi connectivity index (χ3n) is 3.71. The molecule has 26 heavy (non-hydrogen) atoms. The van der Waals surface area contributed by atoms with Crippen LogP contribution in [0.4, 0.5) is 4.39 Å². The molecule has 0 heterocycles. The highest BCUT2D eigenvalue weighted by Gasteiger charge is 2.17. The zero-order chi connectivity index (χ0) is 19.2. The number of nitrogens with zero attached hydrogens (tertiary/aromatic N) is 1. The van der Waals surface area contributed by atoms with Crippen molar-refractivity contribution in [3.8, 4) is 12.3 Å². The van der Waals surface area contributed by atoms with Gasteiger partial charge >= 0.3 is 0 Å². The van der Waals surface area contributed by atoms with E-state index in [0.717, 1.165) is 0 Å². The first-order valence-electron chi connectivity index (χ1n) is 7.94. The standard InChI is InChI=1S/C19H19FN2O3S/c1-3-12-21-26(24,25)18-10-8-16(9-11-18)19(23)22(4-2)14-15-6-5-7-17(20)13-15/h1,5-11,13,21H,4,12,14H2,2H3. The summed E-state index contributed by atoms with van der Waals surface area (Å²) in [5, 5.41) is 0. The lowest BCUT2D eigenvalue weighted by Gasteiger charge is -2.21. The minimum absolute atomic E-state index is 0.0254. The Kier molecular flexibility index (Phi) is 6.50. The maximum absolute atomic E-state index is 13.3. The van der Waals surface area contributed by atoms with Crippen molar-refractivity contribution in [2.45, 2.75) is 18.4 Å². The summed E-state index contributed by atoms with van der Waals surface area (Å²) in [6, 6.07) is 11.6. The molecule has 0 aromatic heterocycles. The summed E-state index contributed by atoms with van der Waals surface area (Å²) in [6.07, 6.45) is 5.05. The van der Waals surface area contributed by atoms with Gasteiger partial charge in [-0.2, -0.15) is 4.72 Å². The maximum Gasteiger partial charge on any atom is 0.254 e. The van der Waals surface area contributed by atoms with Crippen LogP contribution in [-0.4, -0.2) is 32.3 Å². The predicted molar refractivity (Wildman–Crippen MR) is 97.3 cm³/mol. The first-order chi connectivity index (χ1) is 12.4. The van der Waals surface area contributed by atoms with Crippen molar-refractivity contribution >= 4 is 15.9 Å². The van der Waals surface area contributed by atoms with Gasteiger partial charge in [0.15, 0.2) is 0 Å². The third-order valence-corrected chi connectivity index (χ3v) is 5.12. The van der Waals surface area contributed by atoms with E-state index in [-0.39, 0.29) is 29.7 Å². The molecule has 0 unspecified atom stereocenters. The van der Waals surface area contributed by atoms with Gasteiger partial charge in [0.25, 0.3) is 5.91 Å². The number of hydrogen-bond donors (Lipinski definition) is 1. The van der Waals surface area contributed by atoms with Crippen LogP contribution < -0.4 is 4.72 Å². The summed E-state index contributed by atoms with van der Waals surface area (Å²) in [5.74, 6) is 1.57. The second kappa shape index (κ2) is 8.61. The molecule has 2 aromatic rings. The molecule has 0 aliphatic rings. The average molecular weight is 374 g/mol. The van der Waals surface area contributed by atoms with Gasteiger partial charge < -0.3 is 4.90 Å². The van der Waals surface area contributed by atoms with Gasteiger partial charge in [-0.15, -0.1) is 6.42 Å². The van der Waals surface area contributed by atoms with Crippen LogP contribution >= 0.6 is 0 Å². The molecule has 0 aliphatic heterocycles. The number of terminal acetylenes is 1. The van der Waals surface area contributed by atoms with E-state index in [0.29, 0.717) is 17.7 Å². The Labute approximate surface area is 152 Å². The van der Waals surface area contributed by atoms with Crippen LogP contribution in [0.5, 0.6) is 0 Å². The zero-order valence-corrected chi connectivity index (χ0v) is 15.1. The summed E-state index contributed by atoms with van der Waals surface area (Å²) in [6.45, 7) is 2.40. The molecule has 0 atom stereocenters. The van der Waals surface area contributed by atoms with E-state index in [2.05, 4.69) is 10.6 Å². The average Bonchev–Trinajstić information content (AvgIpc) is 2.64. The Morgan fingerprint density at radius 1 is 1.23 bits per heavy atom. The van der Waals surface area contributed by atoms with Crippen molar-refractivity contribution in [2.24, 2.45) is 0 Å². The molecule has 0 aliphatic carbocycles. The third kappa shape index (κ3) is 4.91. The fraction of sp³-hybridized carbons (Fsp3) is 0.211. The molecule has 1 amide bonds. The Bertz CT molecular complexity index is 919. The monoisotopic (exact) mass is 374 g/mol. The van der Waals surface area contributed by atoms with Crippen LogP contribution in [0.3, 0.4) is 0 Å². The predicted octanol–water partition coefficient (Wildman–Crippen LogP) is 2.40. The lowest BCUT2D eigenvalue weighted by Crippen LogP contribution is -2.30. The zero-order valence-electron chi connectivity index (χ0n) is 14.3. The van der Waals surface area contributed by atoms with Crippen LogP contribution in [-0.2, 0) is 16.6 Å². The SMILES string of the molecule is C#CCNS(=O)(=O)c1ccc(C(=O)N(CC)Cc2cccc(F)c2)cc1. The number of halogens is 1. The normalized spacial score (nSPS) is 11.0. The Morgan fingerprint density at radius 2 is 1.92 bits per heavy atom. The second-order valence-electron chi connectivity index (χ2n) is 5.50. The summed E-state index contributed by atoms with van der Waals surface area (Å²) >= 11 is 0. The number of carbonyl (C=O) groups excluding carboxylic acids is 1. The number of benzene rings is 2. The van der Waals surface area contributed by atoms with Gasteiger partial charge in [0.2, 0.25) is 10.0 Å². The highest BCUT2D eigenvalue weighted by molar-refractivity contribution is 7.89. The van der Waals surface area contributed by atoms with Gasteiger partial charge in [0.1, 0.15) is 5.82 Å². The van der Waals surface area contributed by atoms with Crippen LogP contribution in [0.25, 0.3) is 0 Å². The first-order valence-corrected chi connectivity index (χ1v) is 9.42. The lowest BCUT2D eigenvalue weighted by molar-refractivity contribution is 0.0752. The number of sulfonamides is 1. The summed E-state index contributed by atoms with van der Waals surface area (Å²) < 4.78 is 39.6. The van der Waals surface area contributed by atoms with E-state index in [9.17, 15) is 17.6 Å². The van der Waals surface area contributed by atoms with E-state index in [1.807, 2.05) is 6.92 Å². The van der Waals surface area contributed by atoms with Gasteiger partial charge in [-0.1, -0.05) is 18.1 Å². The van der Waals surface area contributed by atoms with Crippen molar-refractivity contribution in [3.05, 3.63) is 65.5 Å². The molecule has 1 N–H and O–H groups in total. The van der Waals surface area contributed by atoms with E-state index >= 15 is 0 Å². The van der Waals surface area contributed by atoms with E-state index in [1.165, 1.54) is 36.4 Å². The van der Waals surface area contributed by atoms with Gasteiger partial charge in [-0.25, -0.2) is 12.8 Å². The summed E-state index contributed by atoms with van der Waals surface area (Å²) in [7, 11) is -3.70. The molecule has 0 fully saturated rings. The molecule has 2 rings (SSSR count). The minimum atomic E-state index is -3.70. The van der Waals surface area contributed by atoms with Crippen molar-refractivity contribution in [1.82, 2.24) is 9.62 Å². The quantitative estimate of drug-likeness (QED) is 0.757. The van der Waals surface area contributed by atoms with Crippen LogP contribution in [0.2, 0.25) is 0 Å². The molecular formula is C19H19FN2O3S. The van der Waals surface area contributed by atoms with Crippen molar-refractivity contribution in [2.75, 3.05) is 13.1 Å². The van der Waals surface area contributed by atoms with Gasteiger partial charge in [0.05, 0.1) is 11.4 Å².